The Morgan fingerprint density at radius 3 is 2.56 bits per heavy atom. The zero-order valence-corrected chi connectivity index (χ0v) is 14.9. The number of benzene rings is 2. The van der Waals surface area contributed by atoms with Crippen molar-refractivity contribution in [2.75, 3.05) is 12.4 Å². The maximum Gasteiger partial charge on any atom is 0.257 e. The fourth-order valence-corrected chi connectivity index (χ4v) is 2.38. The highest BCUT2D eigenvalue weighted by atomic mass is 16.5. The van der Waals surface area contributed by atoms with Crippen LogP contribution in [0.3, 0.4) is 0 Å². The summed E-state index contributed by atoms with van der Waals surface area (Å²) in [5.74, 6) is 0.830. The molecule has 1 amide bonds. The van der Waals surface area contributed by atoms with Crippen LogP contribution in [0.2, 0.25) is 0 Å². The zero-order valence-electron chi connectivity index (χ0n) is 14.9. The second-order valence-corrected chi connectivity index (χ2v) is 5.70. The standard InChI is InChI=1S/C21H20N4O2/c1-27-19-9-5-8-18(14-19)24-21(23-15-16-10-12-22-13-11-16)25-20(26)17-6-3-2-4-7-17/h2-14H,15H2,1H3,(H2,23,24,25,26). The fourth-order valence-electron chi connectivity index (χ4n) is 2.38. The number of aliphatic imine (C=N–C) groups is 1. The first kappa shape index (κ1) is 18.1. The van der Waals surface area contributed by atoms with Crippen LogP contribution in [-0.2, 0) is 6.54 Å². The monoisotopic (exact) mass is 360 g/mol. The molecule has 0 spiro atoms. The van der Waals surface area contributed by atoms with Crippen molar-refractivity contribution in [2.45, 2.75) is 6.54 Å². The molecule has 0 aliphatic heterocycles. The van der Waals surface area contributed by atoms with Crippen LogP contribution in [0.4, 0.5) is 5.69 Å². The van der Waals surface area contributed by atoms with Crippen LogP contribution in [0.5, 0.6) is 5.75 Å². The molecule has 0 radical (unpaired) electrons. The fraction of sp³-hybridized carbons (Fsp3) is 0.0952. The van der Waals surface area contributed by atoms with Crippen LogP contribution in [0.15, 0.2) is 84.1 Å². The molecule has 0 saturated heterocycles. The zero-order chi connectivity index (χ0) is 18.9. The van der Waals surface area contributed by atoms with Crippen molar-refractivity contribution in [3.8, 4) is 5.75 Å². The molecule has 1 heterocycles. The third kappa shape index (κ3) is 5.40. The number of hydrogen-bond acceptors (Lipinski definition) is 4. The average Bonchev–Trinajstić information content (AvgIpc) is 2.73. The number of methoxy groups -OCH3 is 1. The molecular formula is C21H20N4O2. The van der Waals surface area contributed by atoms with E-state index in [1.165, 1.54) is 0 Å². The van der Waals surface area contributed by atoms with Gasteiger partial charge in [-0.2, -0.15) is 0 Å². The molecule has 136 valence electrons. The van der Waals surface area contributed by atoms with Crippen LogP contribution in [0.25, 0.3) is 0 Å². The molecule has 0 aliphatic carbocycles. The van der Waals surface area contributed by atoms with Crippen molar-refractivity contribution in [2.24, 2.45) is 4.99 Å². The first-order chi connectivity index (χ1) is 13.2. The number of amides is 1. The predicted molar refractivity (Wildman–Crippen MR) is 106 cm³/mol. The van der Waals surface area contributed by atoms with E-state index >= 15 is 0 Å². The third-order valence-corrected chi connectivity index (χ3v) is 3.77. The summed E-state index contributed by atoms with van der Waals surface area (Å²) in [6, 6.07) is 20.2. The SMILES string of the molecule is COc1cccc(NC(=NCc2ccncc2)NC(=O)c2ccccc2)c1. The van der Waals surface area contributed by atoms with Crippen LogP contribution in [0, 0.1) is 0 Å². The van der Waals surface area contributed by atoms with E-state index in [9.17, 15) is 4.79 Å². The Morgan fingerprint density at radius 1 is 1.04 bits per heavy atom. The predicted octanol–water partition coefficient (Wildman–Crippen LogP) is 3.49. The van der Waals surface area contributed by atoms with Crippen LogP contribution in [-0.4, -0.2) is 24.0 Å². The molecule has 0 fully saturated rings. The molecule has 0 unspecified atom stereocenters. The number of ether oxygens (including phenoxy) is 1. The van der Waals surface area contributed by atoms with Crippen LogP contribution < -0.4 is 15.4 Å². The lowest BCUT2D eigenvalue weighted by molar-refractivity contribution is 0.0977. The minimum absolute atomic E-state index is 0.237. The van der Waals surface area contributed by atoms with Gasteiger partial charge in [0.2, 0.25) is 5.96 Å². The number of carbonyl (C=O) groups is 1. The summed E-state index contributed by atoms with van der Waals surface area (Å²) in [7, 11) is 1.61. The second-order valence-electron chi connectivity index (χ2n) is 5.70. The molecule has 1 aromatic heterocycles. The lowest BCUT2D eigenvalue weighted by Gasteiger charge is -2.13. The van der Waals surface area contributed by atoms with Crippen molar-refractivity contribution in [1.82, 2.24) is 10.3 Å². The van der Waals surface area contributed by atoms with Gasteiger partial charge in [-0.3, -0.25) is 15.1 Å². The van der Waals surface area contributed by atoms with Gasteiger partial charge >= 0.3 is 0 Å². The van der Waals surface area contributed by atoms with Gasteiger partial charge in [0.25, 0.3) is 5.91 Å². The van der Waals surface area contributed by atoms with Crippen molar-refractivity contribution in [3.63, 3.8) is 0 Å². The van der Waals surface area contributed by atoms with E-state index in [2.05, 4.69) is 20.6 Å². The maximum atomic E-state index is 12.5. The second kappa shape index (κ2) is 9.15. The lowest BCUT2D eigenvalue weighted by atomic mass is 10.2. The molecule has 0 aliphatic rings. The van der Waals surface area contributed by atoms with Gasteiger partial charge < -0.3 is 10.1 Å². The lowest BCUT2D eigenvalue weighted by Crippen LogP contribution is -2.36. The molecule has 2 N–H and O–H groups in total. The minimum Gasteiger partial charge on any atom is -0.497 e. The molecule has 27 heavy (non-hydrogen) atoms. The first-order valence-electron chi connectivity index (χ1n) is 8.45. The number of carbonyl (C=O) groups excluding carboxylic acids is 1. The number of rotatable bonds is 5. The smallest absolute Gasteiger partial charge is 0.257 e. The van der Waals surface area contributed by atoms with Crippen LogP contribution >= 0.6 is 0 Å². The Morgan fingerprint density at radius 2 is 1.81 bits per heavy atom. The molecule has 0 saturated carbocycles. The van der Waals surface area contributed by atoms with E-state index < -0.39 is 0 Å². The largest absolute Gasteiger partial charge is 0.497 e. The van der Waals surface area contributed by atoms with Gasteiger partial charge in [0.05, 0.1) is 13.7 Å². The van der Waals surface area contributed by atoms with Gasteiger partial charge in [-0.05, 0) is 42.0 Å². The van der Waals surface area contributed by atoms with Gasteiger partial charge in [0.15, 0.2) is 0 Å². The van der Waals surface area contributed by atoms with E-state index in [-0.39, 0.29) is 5.91 Å². The summed E-state index contributed by atoms with van der Waals surface area (Å²) < 4.78 is 5.24. The number of anilines is 1. The number of aromatic nitrogens is 1. The Labute approximate surface area is 157 Å². The van der Waals surface area contributed by atoms with Crippen molar-refractivity contribution < 1.29 is 9.53 Å². The number of guanidine groups is 1. The molecule has 3 rings (SSSR count). The van der Waals surface area contributed by atoms with Gasteiger partial charge in [0.1, 0.15) is 5.75 Å². The van der Waals surface area contributed by atoms with E-state index in [0.717, 1.165) is 11.3 Å². The Kier molecular flexibility index (Phi) is 6.14. The summed E-state index contributed by atoms with van der Waals surface area (Å²) >= 11 is 0. The Bertz CT molecular complexity index is 912. The molecule has 0 atom stereocenters. The Hall–Kier alpha value is -3.67. The van der Waals surface area contributed by atoms with Gasteiger partial charge in [0, 0.05) is 29.7 Å². The highest BCUT2D eigenvalue weighted by Crippen LogP contribution is 2.16. The summed E-state index contributed by atoms with van der Waals surface area (Å²) in [5, 5.41) is 5.98. The molecule has 2 aromatic carbocycles. The van der Waals surface area contributed by atoms with E-state index in [0.29, 0.717) is 23.8 Å². The topological polar surface area (TPSA) is 75.6 Å². The summed E-state index contributed by atoms with van der Waals surface area (Å²) in [4.78, 5) is 21.0. The number of hydrogen-bond donors (Lipinski definition) is 2. The molecular weight excluding hydrogens is 340 g/mol. The molecule has 6 nitrogen and oxygen atoms in total. The van der Waals surface area contributed by atoms with Crippen molar-refractivity contribution >= 4 is 17.6 Å². The van der Waals surface area contributed by atoms with E-state index in [1.54, 1.807) is 31.6 Å². The maximum absolute atomic E-state index is 12.5. The quantitative estimate of drug-likeness (QED) is 0.539. The van der Waals surface area contributed by atoms with E-state index in [4.69, 9.17) is 4.74 Å². The van der Waals surface area contributed by atoms with Gasteiger partial charge in [-0.1, -0.05) is 24.3 Å². The molecule has 6 heteroatoms. The normalized spacial score (nSPS) is 10.9. The summed E-state index contributed by atoms with van der Waals surface area (Å²) in [5.41, 5.74) is 2.31. The minimum atomic E-state index is -0.237. The first-order valence-corrected chi connectivity index (χ1v) is 8.45. The van der Waals surface area contributed by atoms with Crippen molar-refractivity contribution in [3.05, 3.63) is 90.3 Å². The number of nitrogens with one attached hydrogen (secondary N) is 2. The van der Waals surface area contributed by atoms with E-state index in [1.807, 2.05) is 54.6 Å². The highest BCUT2D eigenvalue weighted by Gasteiger charge is 2.09. The number of nitrogens with zero attached hydrogens (tertiary/aromatic N) is 2. The number of pyridine rings is 1. The highest BCUT2D eigenvalue weighted by molar-refractivity contribution is 6.09. The summed E-state index contributed by atoms with van der Waals surface area (Å²) in [6.45, 7) is 0.407. The van der Waals surface area contributed by atoms with Gasteiger partial charge in [-0.15, -0.1) is 0 Å². The van der Waals surface area contributed by atoms with Crippen LogP contribution in [0.1, 0.15) is 15.9 Å². The Balaban J connectivity index is 1.80. The average molecular weight is 360 g/mol. The molecule has 3 aromatic rings. The molecule has 0 bridgehead atoms. The van der Waals surface area contributed by atoms with Crippen molar-refractivity contribution in [1.29, 1.82) is 0 Å². The summed E-state index contributed by atoms with van der Waals surface area (Å²) in [6.07, 6.45) is 3.42. The van der Waals surface area contributed by atoms with Gasteiger partial charge in [-0.25, -0.2) is 4.99 Å². The third-order valence-electron chi connectivity index (χ3n) is 3.77.